The Hall–Kier alpha value is -2.02. The number of aryl methyl sites for hydroxylation is 2. The summed E-state index contributed by atoms with van der Waals surface area (Å²) in [6.07, 6.45) is 2.12. The van der Waals surface area contributed by atoms with Gasteiger partial charge in [-0.1, -0.05) is 10.3 Å². The van der Waals surface area contributed by atoms with Crippen LogP contribution < -0.4 is 5.56 Å². The van der Waals surface area contributed by atoms with Gasteiger partial charge in [-0.3, -0.25) is 9.69 Å². The predicted molar refractivity (Wildman–Crippen MR) is 80.3 cm³/mol. The fourth-order valence-electron chi connectivity index (χ4n) is 2.86. The molecule has 2 aromatic rings. The molecule has 118 valence electrons. The second-order valence-electron chi connectivity index (χ2n) is 6.01. The summed E-state index contributed by atoms with van der Waals surface area (Å²) in [5, 5.41) is 12.1. The van der Waals surface area contributed by atoms with Crippen molar-refractivity contribution in [1.82, 2.24) is 25.0 Å². The summed E-state index contributed by atoms with van der Waals surface area (Å²) in [6, 6.07) is 3.35. The van der Waals surface area contributed by atoms with Crippen LogP contribution in [0.15, 0.2) is 21.6 Å². The lowest BCUT2D eigenvalue weighted by Crippen LogP contribution is -2.36. The zero-order valence-corrected chi connectivity index (χ0v) is 13.0. The third kappa shape index (κ3) is 3.41. The Labute approximate surface area is 128 Å². The summed E-state index contributed by atoms with van der Waals surface area (Å²) >= 11 is 0. The molecule has 0 aliphatic carbocycles. The van der Waals surface area contributed by atoms with E-state index in [1.807, 2.05) is 13.8 Å². The highest BCUT2D eigenvalue weighted by Crippen LogP contribution is 2.20. The Bertz CT molecular complexity index is 685. The van der Waals surface area contributed by atoms with Crippen LogP contribution >= 0.6 is 0 Å². The lowest BCUT2D eigenvalue weighted by Gasteiger charge is -2.31. The van der Waals surface area contributed by atoms with Crippen LogP contribution in [0.4, 0.5) is 0 Å². The molecule has 3 rings (SSSR count). The summed E-state index contributed by atoms with van der Waals surface area (Å²) in [4.78, 5) is 14.2. The number of nitrogens with zero attached hydrogens (tertiary/aromatic N) is 5. The molecule has 0 unspecified atom stereocenters. The van der Waals surface area contributed by atoms with Gasteiger partial charge in [0.05, 0.1) is 5.69 Å². The molecule has 0 aromatic carbocycles. The monoisotopic (exact) mass is 303 g/mol. The maximum absolute atomic E-state index is 11.8. The van der Waals surface area contributed by atoms with E-state index in [2.05, 4.69) is 20.3 Å². The van der Waals surface area contributed by atoms with Gasteiger partial charge in [0.1, 0.15) is 11.4 Å². The molecule has 0 N–H and O–H groups in total. The summed E-state index contributed by atoms with van der Waals surface area (Å²) in [7, 11) is 0. The van der Waals surface area contributed by atoms with Crippen molar-refractivity contribution in [1.29, 1.82) is 0 Å². The van der Waals surface area contributed by atoms with Crippen LogP contribution in [0, 0.1) is 19.8 Å². The van der Waals surface area contributed by atoms with E-state index in [9.17, 15) is 4.79 Å². The van der Waals surface area contributed by atoms with Crippen molar-refractivity contribution in [2.45, 2.75) is 39.8 Å². The molecule has 2 aromatic heterocycles. The summed E-state index contributed by atoms with van der Waals surface area (Å²) in [5.74, 6) is 0.500. The van der Waals surface area contributed by atoms with Gasteiger partial charge in [0.15, 0.2) is 0 Å². The van der Waals surface area contributed by atoms with Gasteiger partial charge >= 0.3 is 0 Å². The molecule has 1 aliphatic heterocycles. The zero-order valence-electron chi connectivity index (χ0n) is 13.0. The van der Waals surface area contributed by atoms with Crippen molar-refractivity contribution in [2.75, 3.05) is 13.1 Å². The highest BCUT2D eigenvalue weighted by atomic mass is 16.6. The van der Waals surface area contributed by atoms with Crippen LogP contribution in [0.3, 0.4) is 0 Å². The lowest BCUT2D eigenvalue weighted by molar-refractivity contribution is 0.159. The highest BCUT2D eigenvalue weighted by molar-refractivity contribution is 5.04. The number of likely N-dealkylation sites (tertiary alicyclic amines) is 1. The summed E-state index contributed by atoms with van der Waals surface area (Å²) in [6.45, 7) is 7.31. The number of piperidine rings is 1. The van der Waals surface area contributed by atoms with Crippen molar-refractivity contribution < 1.29 is 4.63 Å². The Morgan fingerprint density at radius 2 is 2.00 bits per heavy atom. The Morgan fingerprint density at radius 1 is 1.23 bits per heavy atom. The molecule has 7 nitrogen and oxygen atoms in total. The van der Waals surface area contributed by atoms with E-state index in [4.69, 9.17) is 4.63 Å². The Kier molecular flexibility index (Phi) is 4.33. The van der Waals surface area contributed by atoms with Crippen LogP contribution in [0.5, 0.6) is 0 Å². The molecule has 0 bridgehead atoms. The first-order valence-electron chi connectivity index (χ1n) is 7.67. The first-order valence-corrected chi connectivity index (χ1v) is 7.67. The lowest BCUT2D eigenvalue weighted by atomic mass is 9.96. The van der Waals surface area contributed by atoms with Crippen molar-refractivity contribution in [3.8, 4) is 0 Å². The van der Waals surface area contributed by atoms with Crippen molar-refractivity contribution in [3.63, 3.8) is 0 Å². The summed E-state index contributed by atoms with van der Waals surface area (Å²) in [5.41, 5.74) is 2.64. The van der Waals surface area contributed by atoms with E-state index in [1.165, 1.54) is 0 Å². The van der Waals surface area contributed by atoms with Gasteiger partial charge in [-0.05, 0) is 51.8 Å². The van der Waals surface area contributed by atoms with Crippen molar-refractivity contribution >= 4 is 0 Å². The number of hydrogen-bond donors (Lipinski definition) is 0. The molecule has 22 heavy (non-hydrogen) atoms. The van der Waals surface area contributed by atoms with Crippen LogP contribution in [0.25, 0.3) is 0 Å². The number of aromatic nitrogens is 4. The van der Waals surface area contributed by atoms with Gasteiger partial charge in [-0.25, -0.2) is 9.31 Å². The second kappa shape index (κ2) is 6.39. The highest BCUT2D eigenvalue weighted by Gasteiger charge is 2.21. The fraction of sp³-hybridized carbons (Fsp3) is 0.600. The van der Waals surface area contributed by atoms with E-state index < -0.39 is 0 Å². The molecule has 1 fully saturated rings. The average Bonchev–Trinajstić information content (AvgIpc) is 2.90. The largest absolute Gasteiger partial charge is 0.297 e. The quantitative estimate of drug-likeness (QED) is 0.843. The molecular formula is C15H21N5O2. The van der Waals surface area contributed by atoms with Gasteiger partial charge in [-0.2, -0.15) is 5.10 Å². The van der Waals surface area contributed by atoms with Gasteiger partial charge in [0, 0.05) is 19.2 Å². The molecule has 1 aliphatic rings. The minimum atomic E-state index is -0.0164. The number of hydrogen-bond acceptors (Lipinski definition) is 6. The number of rotatable bonds is 4. The standard InChI is InChI=1S/C15H21N5O2/c1-11-3-4-15(21)20(16-11)9-13-5-7-19(8-6-13)10-14-12(2)17-22-18-14/h3-4,13H,5-10H2,1-2H3. The summed E-state index contributed by atoms with van der Waals surface area (Å²) < 4.78 is 6.34. The third-order valence-electron chi connectivity index (χ3n) is 4.26. The molecule has 7 heteroatoms. The first-order chi connectivity index (χ1) is 10.6. The van der Waals surface area contributed by atoms with E-state index in [-0.39, 0.29) is 5.56 Å². The normalized spacial score (nSPS) is 17.0. The molecule has 1 saturated heterocycles. The van der Waals surface area contributed by atoms with E-state index in [0.717, 1.165) is 49.6 Å². The smallest absolute Gasteiger partial charge is 0.266 e. The Morgan fingerprint density at radius 3 is 2.68 bits per heavy atom. The van der Waals surface area contributed by atoms with E-state index >= 15 is 0 Å². The van der Waals surface area contributed by atoms with Gasteiger partial charge in [0.2, 0.25) is 0 Å². The first kappa shape index (κ1) is 14.9. The van der Waals surface area contributed by atoms with Gasteiger partial charge < -0.3 is 0 Å². The van der Waals surface area contributed by atoms with Gasteiger partial charge in [0.25, 0.3) is 5.56 Å². The minimum absolute atomic E-state index is 0.0164. The van der Waals surface area contributed by atoms with Crippen molar-refractivity contribution in [3.05, 3.63) is 39.6 Å². The Balaban J connectivity index is 1.54. The predicted octanol–water partition coefficient (Wildman–Crippen LogP) is 1.16. The van der Waals surface area contributed by atoms with Crippen LogP contribution in [-0.2, 0) is 13.1 Å². The molecule has 0 spiro atoms. The second-order valence-corrected chi connectivity index (χ2v) is 6.01. The molecule has 0 saturated carbocycles. The zero-order chi connectivity index (χ0) is 15.5. The molecule has 0 atom stereocenters. The van der Waals surface area contributed by atoms with E-state index in [1.54, 1.807) is 16.8 Å². The third-order valence-corrected chi connectivity index (χ3v) is 4.26. The average molecular weight is 303 g/mol. The molecule has 0 radical (unpaired) electrons. The van der Waals surface area contributed by atoms with Crippen molar-refractivity contribution in [2.24, 2.45) is 5.92 Å². The fourth-order valence-corrected chi connectivity index (χ4v) is 2.86. The SMILES string of the molecule is Cc1ccc(=O)n(CC2CCN(Cc3nonc3C)CC2)n1. The molecule has 0 amide bonds. The van der Waals surface area contributed by atoms with Crippen LogP contribution in [-0.4, -0.2) is 38.1 Å². The van der Waals surface area contributed by atoms with Crippen LogP contribution in [0.2, 0.25) is 0 Å². The topological polar surface area (TPSA) is 77.0 Å². The van der Waals surface area contributed by atoms with Crippen LogP contribution in [0.1, 0.15) is 29.9 Å². The molecular weight excluding hydrogens is 282 g/mol. The van der Waals surface area contributed by atoms with E-state index in [0.29, 0.717) is 12.5 Å². The van der Waals surface area contributed by atoms with Gasteiger partial charge in [-0.15, -0.1) is 0 Å². The minimum Gasteiger partial charge on any atom is -0.297 e. The molecule has 3 heterocycles. The maximum Gasteiger partial charge on any atom is 0.266 e. The maximum atomic E-state index is 11.8.